The zero-order chi connectivity index (χ0) is 20.9. The van der Waals surface area contributed by atoms with Gasteiger partial charge in [-0.1, -0.05) is 42.8 Å². The number of aliphatic imine (C=N–C) groups is 1. The average molecular weight is 442 g/mol. The fourth-order valence-electron chi connectivity index (χ4n) is 3.45. The number of amidine groups is 1. The molecule has 0 radical (unpaired) electrons. The first-order valence-corrected chi connectivity index (χ1v) is 11.3. The summed E-state index contributed by atoms with van der Waals surface area (Å²) in [7, 11) is 0. The number of halogens is 1. The van der Waals surface area contributed by atoms with Gasteiger partial charge in [-0.2, -0.15) is 4.99 Å². The standard InChI is InChI=1S/C23H24ClN3O2S/c1-2-14-29-20-9-4-3-6-17(20)15-21-22(28)25-23(30-21)27-12-10-26(11-13-27)19-8-5-7-18(24)16-19/h3-9,15-16H,2,10-14H2,1H3/b21-15+. The number of hydrogen-bond donors (Lipinski definition) is 0. The van der Waals surface area contributed by atoms with Crippen molar-refractivity contribution in [2.75, 3.05) is 37.7 Å². The Morgan fingerprint density at radius 3 is 2.63 bits per heavy atom. The van der Waals surface area contributed by atoms with Gasteiger partial charge in [-0.25, -0.2) is 0 Å². The number of hydrogen-bond acceptors (Lipinski definition) is 5. The Morgan fingerprint density at radius 1 is 1.10 bits per heavy atom. The minimum atomic E-state index is -0.183. The third-order valence-corrected chi connectivity index (χ3v) is 6.28. The summed E-state index contributed by atoms with van der Waals surface area (Å²) >= 11 is 7.57. The first kappa shape index (κ1) is 20.8. The van der Waals surface area contributed by atoms with E-state index in [1.807, 2.05) is 48.5 Å². The fourth-order valence-corrected chi connectivity index (χ4v) is 4.59. The van der Waals surface area contributed by atoms with Crippen molar-refractivity contribution in [1.82, 2.24) is 4.90 Å². The normalized spacial score (nSPS) is 18.1. The van der Waals surface area contributed by atoms with E-state index in [0.717, 1.165) is 59.8 Å². The Hall–Kier alpha value is -2.44. The maximum absolute atomic E-state index is 12.5. The fraction of sp³-hybridized carbons (Fsp3) is 0.304. The lowest BCUT2D eigenvalue weighted by atomic mass is 10.2. The quantitative estimate of drug-likeness (QED) is 0.616. The predicted molar refractivity (Wildman–Crippen MR) is 125 cm³/mol. The molecule has 0 aromatic heterocycles. The Balaban J connectivity index is 1.41. The molecule has 1 saturated heterocycles. The van der Waals surface area contributed by atoms with Crippen molar-refractivity contribution in [3.63, 3.8) is 0 Å². The molecule has 0 saturated carbocycles. The van der Waals surface area contributed by atoms with E-state index in [4.69, 9.17) is 16.3 Å². The third kappa shape index (κ3) is 4.82. The van der Waals surface area contributed by atoms with Crippen LogP contribution in [0.1, 0.15) is 18.9 Å². The van der Waals surface area contributed by atoms with Gasteiger partial charge in [-0.3, -0.25) is 4.79 Å². The van der Waals surface area contributed by atoms with Crippen LogP contribution in [0.3, 0.4) is 0 Å². The summed E-state index contributed by atoms with van der Waals surface area (Å²) in [6, 6.07) is 15.7. The van der Waals surface area contributed by atoms with E-state index in [0.29, 0.717) is 11.5 Å². The minimum Gasteiger partial charge on any atom is -0.493 e. The molecular formula is C23H24ClN3O2S. The second-order valence-electron chi connectivity index (χ2n) is 7.15. The van der Waals surface area contributed by atoms with E-state index in [1.165, 1.54) is 11.8 Å². The Morgan fingerprint density at radius 2 is 1.87 bits per heavy atom. The Labute approximate surface area is 186 Å². The van der Waals surface area contributed by atoms with E-state index in [2.05, 4.69) is 27.8 Å². The minimum absolute atomic E-state index is 0.183. The lowest BCUT2D eigenvalue weighted by Gasteiger charge is -2.36. The van der Waals surface area contributed by atoms with Gasteiger partial charge in [0.05, 0.1) is 11.5 Å². The van der Waals surface area contributed by atoms with Crippen molar-refractivity contribution in [3.05, 3.63) is 64.0 Å². The van der Waals surface area contributed by atoms with Crippen molar-refractivity contribution < 1.29 is 9.53 Å². The highest BCUT2D eigenvalue weighted by Crippen LogP contribution is 2.33. The molecule has 0 unspecified atom stereocenters. The second kappa shape index (κ2) is 9.58. The van der Waals surface area contributed by atoms with Crippen LogP contribution in [0.4, 0.5) is 5.69 Å². The van der Waals surface area contributed by atoms with Crippen LogP contribution in [0.5, 0.6) is 5.75 Å². The Kier molecular flexibility index (Phi) is 6.65. The number of amides is 1. The first-order chi connectivity index (χ1) is 14.6. The molecule has 0 bridgehead atoms. The van der Waals surface area contributed by atoms with Crippen LogP contribution in [0, 0.1) is 0 Å². The van der Waals surface area contributed by atoms with Crippen molar-refractivity contribution in [3.8, 4) is 5.75 Å². The van der Waals surface area contributed by atoms with Crippen LogP contribution in [-0.4, -0.2) is 48.8 Å². The van der Waals surface area contributed by atoms with Crippen LogP contribution in [0.25, 0.3) is 6.08 Å². The molecule has 30 heavy (non-hydrogen) atoms. The van der Waals surface area contributed by atoms with Crippen LogP contribution in [0.15, 0.2) is 58.4 Å². The second-order valence-corrected chi connectivity index (χ2v) is 8.60. The maximum atomic E-state index is 12.5. The number of para-hydroxylation sites is 1. The third-order valence-electron chi connectivity index (χ3n) is 5.00. The van der Waals surface area contributed by atoms with Crippen molar-refractivity contribution in [1.29, 1.82) is 0 Å². The molecule has 1 amide bonds. The number of thioether (sulfide) groups is 1. The molecule has 2 aliphatic rings. The molecule has 1 fully saturated rings. The summed E-state index contributed by atoms with van der Waals surface area (Å²) in [5.74, 6) is 0.612. The number of carbonyl (C=O) groups excluding carboxylic acids is 1. The smallest absolute Gasteiger partial charge is 0.286 e. The molecule has 2 aromatic rings. The van der Waals surface area contributed by atoms with Crippen molar-refractivity contribution >= 4 is 46.2 Å². The van der Waals surface area contributed by atoms with Gasteiger partial charge in [-0.15, -0.1) is 0 Å². The van der Waals surface area contributed by atoms with E-state index >= 15 is 0 Å². The molecule has 2 heterocycles. The van der Waals surface area contributed by atoms with Gasteiger partial charge in [-0.05, 0) is 48.5 Å². The molecule has 156 valence electrons. The zero-order valence-electron chi connectivity index (χ0n) is 16.9. The monoisotopic (exact) mass is 441 g/mol. The van der Waals surface area contributed by atoms with Gasteiger partial charge in [0.25, 0.3) is 5.91 Å². The van der Waals surface area contributed by atoms with Gasteiger partial charge in [0.15, 0.2) is 5.17 Å². The SMILES string of the molecule is CCCOc1ccccc1/C=C1/SC(N2CCN(c3cccc(Cl)c3)CC2)=NC1=O. The van der Waals surface area contributed by atoms with Crippen LogP contribution in [-0.2, 0) is 4.79 Å². The summed E-state index contributed by atoms with van der Waals surface area (Å²) in [4.78, 5) is 21.9. The highest BCUT2D eigenvalue weighted by molar-refractivity contribution is 8.18. The molecule has 0 spiro atoms. The van der Waals surface area contributed by atoms with Crippen LogP contribution >= 0.6 is 23.4 Å². The van der Waals surface area contributed by atoms with Crippen molar-refractivity contribution in [2.24, 2.45) is 4.99 Å². The van der Waals surface area contributed by atoms with Gasteiger partial charge in [0.1, 0.15) is 5.75 Å². The molecule has 4 rings (SSSR count). The first-order valence-electron chi connectivity index (χ1n) is 10.1. The lowest BCUT2D eigenvalue weighted by molar-refractivity contribution is -0.113. The van der Waals surface area contributed by atoms with Crippen molar-refractivity contribution in [2.45, 2.75) is 13.3 Å². The zero-order valence-corrected chi connectivity index (χ0v) is 18.5. The van der Waals surface area contributed by atoms with E-state index in [-0.39, 0.29) is 5.91 Å². The highest BCUT2D eigenvalue weighted by atomic mass is 35.5. The molecular weight excluding hydrogens is 418 g/mol. The Bertz CT molecular complexity index is 984. The molecule has 2 aliphatic heterocycles. The number of benzene rings is 2. The summed E-state index contributed by atoms with van der Waals surface area (Å²) in [6.45, 7) is 6.08. The topological polar surface area (TPSA) is 45.1 Å². The van der Waals surface area contributed by atoms with Gasteiger partial charge >= 0.3 is 0 Å². The lowest BCUT2D eigenvalue weighted by Crippen LogP contribution is -2.47. The number of carbonyl (C=O) groups is 1. The molecule has 7 heteroatoms. The van der Waals surface area contributed by atoms with E-state index in [1.54, 1.807) is 0 Å². The molecule has 5 nitrogen and oxygen atoms in total. The summed E-state index contributed by atoms with van der Waals surface area (Å²) < 4.78 is 5.81. The number of piperazine rings is 1. The maximum Gasteiger partial charge on any atom is 0.286 e. The van der Waals surface area contributed by atoms with Crippen LogP contribution < -0.4 is 9.64 Å². The summed E-state index contributed by atoms with van der Waals surface area (Å²) in [5.41, 5.74) is 2.03. The largest absolute Gasteiger partial charge is 0.493 e. The predicted octanol–water partition coefficient (Wildman–Crippen LogP) is 4.92. The number of rotatable bonds is 5. The number of ether oxygens (including phenoxy) is 1. The summed E-state index contributed by atoms with van der Waals surface area (Å²) in [5, 5.41) is 1.53. The molecule has 0 N–H and O–H groups in total. The molecule has 2 aromatic carbocycles. The molecule has 0 aliphatic carbocycles. The van der Waals surface area contributed by atoms with E-state index in [9.17, 15) is 4.79 Å². The highest BCUT2D eigenvalue weighted by Gasteiger charge is 2.28. The van der Waals surface area contributed by atoms with Gasteiger partial charge in [0, 0.05) is 42.5 Å². The van der Waals surface area contributed by atoms with Crippen LogP contribution in [0.2, 0.25) is 5.02 Å². The summed E-state index contributed by atoms with van der Waals surface area (Å²) in [6.07, 6.45) is 2.82. The number of nitrogens with zero attached hydrogens (tertiary/aromatic N) is 3. The number of anilines is 1. The van der Waals surface area contributed by atoms with Gasteiger partial charge in [0.2, 0.25) is 0 Å². The van der Waals surface area contributed by atoms with Gasteiger partial charge < -0.3 is 14.5 Å². The average Bonchev–Trinajstić information content (AvgIpc) is 3.13. The van der Waals surface area contributed by atoms with E-state index < -0.39 is 0 Å². The molecule has 0 atom stereocenters.